The molecule has 1 aromatic rings. The third-order valence-electron chi connectivity index (χ3n) is 1.91. The minimum Gasteiger partial charge on any atom is -0.398 e. The Morgan fingerprint density at radius 1 is 1.47 bits per heavy atom. The summed E-state index contributed by atoms with van der Waals surface area (Å²) in [6.07, 6.45) is 0. The number of thioether (sulfide) groups is 1. The molecular formula is C10H9ClF3NOS. The number of ketones is 1. The molecule has 0 aliphatic carbocycles. The van der Waals surface area contributed by atoms with Crippen LogP contribution in [0.3, 0.4) is 0 Å². The first-order chi connectivity index (χ1) is 7.70. The van der Waals surface area contributed by atoms with Crippen LogP contribution < -0.4 is 5.73 Å². The van der Waals surface area contributed by atoms with Crippen LogP contribution in [0.5, 0.6) is 0 Å². The average molecular weight is 284 g/mol. The van der Waals surface area contributed by atoms with E-state index in [0.29, 0.717) is 5.56 Å². The second-order valence-corrected chi connectivity index (χ2v) is 4.86. The average Bonchev–Trinajstić information content (AvgIpc) is 2.18. The van der Waals surface area contributed by atoms with Crippen molar-refractivity contribution in [2.45, 2.75) is 22.7 Å². The summed E-state index contributed by atoms with van der Waals surface area (Å²) in [5.41, 5.74) is 1.31. The predicted molar refractivity (Wildman–Crippen MR) is 62.0 cm³/mol. The summed E-state index contributed by atoms with van der Waals surface area (Å²) in [4.78, 5) is 10.9. The molecule has 0 bridgehead atoms. The summed E-state index contributed by atoms with van der Waals surface area (Å²) >= 11 is 5.43. The van der Waals surface area contributed by atoms with Crippen molar-refractivity contribution >= 4 is 34.8 Å². The summed E-state index contributed by atoms with van der Waals surface area (Å²) in [7, 11) is 0. The van der Waals surface area contributed by atoms with Crippen molar-refractivity contribution in [3.63, 3.8) is 0 Å². The Morgan fingerprint density at radius 3 is 2.53 bits per heavy atom. The molecule has 2 N–H and O–H groups in total. The number of hydrogen-bond donors (Lipinski definition) is 1. The highest BCUT2D eigenvalue weighted by atomic mass is 35.5. The fourth-order valence-corrected chi connectivity index (χ4v) is 1.92. The van der Waals surface area contributed by atoms with Crippen LogP contribution in [0, 0.1) is 0 Å². The number of anilines is 1. The molecule has 7 heteroatoms. The van der Waals surface area contributed by atoms with Crippen molar-refractivity contribution in [3.8, 4) is 0 Å². The van der Waals surface area contributed by atoms with Gasteiger partial charge in [0.05, 0.1) is 0 Å². The van der Waals surface area contributed by atoms with Gasteiger partial charge in [0.1, 0.15) is 5.38 Å². The van der Waals surface area contributed by atoms with Gasteiger partial charge in [-0.3, -0.25) is 4.79 Å². The number of halogens is 4. The van der Waals surface area contributed by atoms with E-state index >= 15 is 0 Å². The normalized spacial score (nSPS) is 13.5. The predicted octanol–water partition coefficient (Wildman–Crippen LogP) is 3.75. The number of nitrogens with two attached hydrogens (primary N) is 1. The molecule has 0 saturated heterocycles. The number of benzene rings is 1. The van der Waals surface area contributed by atoms with Gasteiger partial charge in [-0.05, 0) is 36.4 Å². The molecule has 0 aromatic heterocycles. The summed E-state index contributed by atoms with van der Waals surface area (Å²) in [6.45, 7) is 1.27. The summed E-state index contributed by atoms with van der Waals surface area (Å²) in [5, 5.41) is -0.955. The Kier molecular flexibility index (Phi) is 4.32. The highest BCUT2D eigenvalue weighted by molar-refractivity contribution is 8.00. The summed E-state index contributed by atoms with van der Waals surface area (Å²) in [6, 6.07) is 3.93. The van der Waals surface area contributed by atoms with Gasteiger partial charge in [0.25, 0.3) is 0 Å². The number of carbonyl (C=O) groups is 1. The van der Waals surface area contributed by atoms with Crippen molar-refractivity contribution in [2.24, 2.45) is 0 Å². The van der Waals surface area contributed by atoms with Gasteiger partial charge in [-0.25, -0.2) is 0 Å². The zero-order valence-electron chi connectivity index (χ0n) is 8.72. The Bertz CT molecular complexity index is 436. The second-order valence-electron chi connectivity index (χ2n) is 3.32. The van der Waals surface area contributed by atoms with Crippen LogP contribution in [0.2, 0.25) is 0 Å². The van der Waals surface area contributed by atoms with Crippen LogP contribution in [0.25, 0.3) is 0 Å². The molecule has 0 spiro atoms. The van der Waals surface area contributed by atoms with Crippen LogP contribution >= 0.6 is 23.4 Å². The lowest BCUT2D eigenvalue weighted by Crippen LogP contribution is -2.05. The fraction of sp³-hybridized carbons (Fsp3) is 0.300. The van der Waals surface area contributed by atoms with E-state index in [2.05, 4.69) is 0 Å². The summed E-state index contributed by atoms with van der Waals surface area (Å²) in [5.74, 6) is -0.334. The van der Waals surface area contributed by atoms with Gasteiger partial charge >= 0.3 is 5.51 Å². The number of hydrogen-bond acceptors (Lipinski definition) is 3. The molecule has 1 rings (SSSR count). The lowest BCUT2D eigenvalue weighted by molar-refractivity contribution is -0.116. The van der Waals surface area contributed by atoms with Crippen molar-refractivity contribution in [1.29, 1.82) is 0 Å². The maximum absolute atomic E-state index is 12.2. The Hall–Kier alpha value is -0.880. The van der Waals surface area contributed by atoms with E-state index in [1.54, 1.807) is 0 Å². The van der Waals surface area contributed by atoms with Crippen molar-refractivity contribution in [1.82, 2.24) is 0 Å². The largest absolute Gasteiger partial charge is 0.446 e. The van der Waals surface area contributed by atoms with Crippen LogP contribution in [0.4, 0.5) is 18.9 Å². The quantitative estimate of drug-likeness (QED) is 0.522. The third kappa shape index (κ3) is 4.12. The lowest BCUT2D eigenvalue weighted by Gasteiger charge is -2.12. The van der Waals surface area contributed by atoms with Crippen molar-refractivity contribution in [2.75, 3.05) is 5.73 Å². The molecular weight excluding hydrogens is 275 g/mol. The minimum absolute atomic E-state index is 0.00323. The molecule has 1 unspecified atom stereocenters. The van der Waals surface area contributed by atoms with Crippen molar-refractivity contribution in [3.05, 3.63) is 23.8 Å². The van der Waals surface area contributed by atoms with Crippen LogP contribution in [-0.4, -0.2) is 11.3 Å². The standard InChI is InChI=1S/C10H9ClF3NOS/c1-5(16)9(11)6-2-3-7(15)8(4-6)17-10(12,13)14/h2-4,9H,15H2,1H3. The highest BCUT2D eigenvalue weighted by Crippen LogP contribution is 2.41. The number of Topliss-reactive ketones (excluding diaryl/α,β-unsaturated/α-hetero) is 1. The first-order valence-corrected chi connectivity index (χ1v) is 5.75. The molecule has 1 aromatic carbocycles. The van der Waals surface area contributed by atoms with Gasteiger partial charge in [0.15, 0.2) is 5.78 Å². The van der Waals surface area contributed by atoms with Gasteiger partial charge in [-0.2, -0.15) is 13.2 Å². The molecule has 0 heterocycles. The fourth-order valence-electron chi connectivity index (χ4n) is 1.16. The van der Waals surface area contributed by atoms with E-state index in [9.17, 15) is 18.0 Å². The van der Waals surface area contributed by atoms with E-state index in [-0.39, 0.29) is 28.1 Å². The van der Waals surface area contributed by atoms with E-state index in [4.69, 9.17) is 17.3 Å². The second kappa shape index (κ2) is 5.18. The Balaban J connectivity index is 3.06. The molecule has 0 aliphatic rings. The van der Waals surface area contributed by atoms with Crippen LogP contribution in [-0.2, 0) is 4.79 Å². The smallest absolute Gasteiger partial charge is 0.398 e. The number of alkyl halides is 4. The molecule has 0 radical (unpaired) electrons. The first kappa shape index (κ1) is 14.2. The van der Waals surface area contributed by atoms with Gasteiger partial charge in [0, 0.05) is 10.6 Å². The lowest BCUT2D eigenvalue weighted by atomic mass is 10.1. The molecule has 17 heavy (non-hydrogen) atoms. The molecule has 0 fully saturated rings. The molecule has 0 saturated carbocycles. The number of carbonyl (C=O) groups excluding carboxylic acids is 1. The van der Waals surface area contributed by atoms with Crippen molar-refractivity contribution < 1.29 is 18.0 Å². The molecule has 94 valence electrons. The minimum atomic E-state index is -4.43. The van der Waals surface area contributed by atoms with E-state index < -0.39 is 10.9 Å². The molecule has 0 aliphatic heterocycles. The van der Waals surface area contributed by atoms with Gasteiger partial charge in [0.2, 0.25) is 0 Å². The number of nitrogen functional groups attached to an aromatic ring is 1. The van der Waals surface area contributed by atoms with Crippen LogP contribution in [0.15, 0.2) is 23.1 Å². The van der Waals surface area contributed by atoms with Gasteiger partial charge in [-0.1, -0.05) is 6.07 Å². The molecule has 1 atom stereocenters. The molecule has 2 nitrogen and oxygen atoms in total. The summed E-state index contributed by atoms with van der Waals surface area (Å²) < 4.78 is 36.7. The molecule has 0 amide bonds. The topological polar surface area (TPSA) is 43.1 Å². The zero-order valence-corrected chi connectivity index (χ0v) is 10.3. The number of rotatable bonds is 3. The first-order valence-electron chi connectivity index (χ1n) is 4.50. The van der Waals surface area contributed by atoms with E-state index in [1.807, 2.05) is 0 Å². The maximum Gasteiger partial charge on any atom is 0.446 e. The van der Waals surface area contributed by atoms with Gasteiger partial charge < -0.3 is 5.73 Å². The van der Waals surface area contributed by atoms with E-state index in [1.165, 1.54) is 25.1 Å². The third-order valence-corrected chi connectivity index (χ3v) is 3.28. The van der Waals surface area contributed by atoms with Gasteiger partial charge in [-0.15, -0.1) is 11.6 Å². The van der Waals surface area contributed by atoms with E-state index in [0.717, 1.165) is 0 Å². The SMILES string of the molecule is CC(=O)C(Cl)c1ccc(N)c(SC(F)(F)F)c1. The maximum atomic E-state index is 12.2. The zero-order chi connectivity index (χ0) is 13.2. The Morgan fingerprint density at radius 2 is 2.06 bits per heavy atom. The monoisotopic (exact) mass is 283 g/mol. The highest BCUT2D eigenvalue weighted by Gasteiger charge is 2.30. The Labute approximate surface area is 105 Å². The van der Waals surface area contributed by atoms with Crippen LogP contribution in [0.1, 0.15) is 17.9 Å².